The van der Waals surface area contributed by atoms with Gasteiger partial charge in [0.1, 0.15) is 0 Å². The van der Waals surface area contributed by atoms with E-state index in [4.69, 9.17) is 9.47 Å². The quantitative estimate of drug-likeness (QED) is 0.143. The Hall–Kier alpha value is -2.53. The number of aliphatic imine (C=N–C) groups is 1. The number of cyclic esters (lactones) is 1. The molecule has 0 N–H and O–H groups in total. The van der Waals surface area contributed by atoms with Gasteiger partial charge in [0.05, 0.1) is 7.14 Å². The zero-order valence-electron chi connectivity index (χ0n) is 17.0. The summed E-state index contributed by atoms with van der Waals surface area (Å²) in [6.45, 7) is 1.75. The molecule has 32 heavy (non-hydrogen) atoms. The van der Waals surface area contributed by atoms with E-state index >= 15 is 0 Å². The van der Waals surface area contributed by atoms with Crippen LogP contribution in [0.1, 0.15) is 24.5 Å². The van der Waals surface area contributed by atoms with Crippen molar-refractivity contribution in [1.29, 1.82) is 0 Å². The number of carbonyl (C=O) groups is 2. The summed E-state index contributed by atoms with van der Waals surface area (Å²) < 4.78 is 12.3. The van der Waals surface area contributed by atoms with Crippen molar-refractivity contribution < 1.29 is 19.1 Å². The summed E-state index contributed by atoms with van der Waals surface area (Å²) in [5.74, 6) is 0.00752. The summed E-state index contributed by atoms with van der Waals surface area (Å²) in [7, 11) is 0. The number of esters is 2. The minimum absolute atomic E-state index is 0.219. The lowest BCUT2D eigenvalue weighted by atomic mass is 10.0. The third kappa shape index (κ3) is 5.09. The van der Waals surface area contributed by atoms with E-state index in [-0.39, 0.29) is 17.6 Å². The second-order valence-electron chi connectivity index (χ2n) is 6.92. The standard InChI is InChI=1S/C25H17I2NO4/c1-2-22(29)31-23-19(26)12-15(13-20(23)27)14-21-25(30)32-24(28-21)18-10-8-17(9-11-18)16-6-4-3-5-7-16/h3-14H,2H2,1H3/b21-14-. The number of nitrogens with zero attached hydrogens (tertiary/aromatic N) is 1. The van der Waals surface area contributed by atoms with E-state index in [9.17, 15) is 9.59 Å². The van der Waals surface area contributed by atoms with Crippen LogP contribution in [-0.4, -0.2) is 17.8 Å². The van der Waals surface area contributed by atoms with Crippen LogP contribution in [-0.2, 0) is 14.3 Å². The molecule has 1 aliphatic rings. The maximum Gasteiger partial charge on any atom is 0.363 e. The minimum Gasteiger partial charge on any atom is -0.424 e. The van der Waals surface area contributed by atoms with Crippen molar-refractivity contribution in [3.8, 4) is 16.9 Å². The van der Waals surface area contributed by atoms with Crippen LogP contribution in [0.25, 0.3) is 17.2 Å². The van der Waals surface area contributed by atoms with E-state index in [0.717, 1.165) is 29.4 Å². The van der Waals surface area contributed by atoms with E-state index < -0.39 is 5.97 Å². The van der Waals surface area contributed by atoms with Crippen LogP contribution in [0.3, 0.4) is 0 Å². The molecule has 5 nitrogen and oxygen atoms in total. The number of rotatable bonds is 5. The minimum atomic E-state index is -0.501. The maximum absolute atomic E-state index is 12.4. The number of carbonyl (C=O) groups excluding carboxylic acids is 2. The highest BCUT2D eigenvalue weighted by Crippen LogP contribution is 2.31. The number of hydrogen-bond acceptors (Lipinski definition) is 5. The fourth-order valence-electron chi connectivity index (χ4n) is 3.07. The first kappa shape index (κ1) is 22.7. The number of benzene rings is 3. The first-order valence-corrected chi connectivity index (χ1v) is 12.0. The van der Waals surface area contributed by atoms with Gasteiger partial charge in [0.15, 0.2) is 11.4 Å². The molecule has 3 aromatic rings. The number of halogens is 2. The Labute approximate surface area is 212 Å². The van der Waals surface area contributed by atoms with E-state index in [1.165, 1.54) is 0 Å². The van der Waals surface area contributed by atoms with E-state index in [0.29, 0.717) is 12.2 Å². The van der Waals surface area contributed by atoms with Crippen molar-refractivity contribution in [3.05, 3.63) is 90.7 Å². The maximum atomic E-state index is 12.4. The SMILES string of the molecule is CCC(=O)Oc1c(I)cc(/C=C2\N=C(c3ccc(-c4ccccc4)cc3)OC2=O)cc1I. The molecule has 0 aliphatic carbocycles. The van der Waals surface area contributed by atoms with Gasteiger partial charge in [0, 0.05) is 12.0 Å². The van der Waals surface area contributed by atoms with E-state index in [1.807, 2.05) is 66.7 Å². The van der Waals surface area contributed by atoms with Gasteiger partial charge in [-0.1, -0.05) is 49.4 Å². The zero-order chi connectivity index (χ0) is 22.7. The topological polar surface area (TPSA) is 65.0 Å². The third-order valence-electron chi connectivity index (χ3n) is 4.69. The monoisotopic (exact) mass is 649 g/mol. The molecule has 0 bridgehead atoms. The van der Waals surface area contributed by atoms with Crippen LogP contribution in [0.15, 0.2) is 77.4 Å². The van der Waals surface area contributed by atoms with E-state index in [2.05, 4.69) is 50.2 Å². The Morgan fingerprint density at radius 2 is 1.56 bits per heavy atom. The molecule has 3 aromatic carbocycles. The summed E-state index contributed by atoms with van der Waals surface area (Å²) in [4.78, 5) is 28.4. The van der Waals surface area contributed by atoms with Crippen LogP contribution < -0.4 is 4.74 Å². The molecule has 0 saturated carbocycles. The smallest absolute Gasteiger partial charge is 0.363 e. The second-order valence-corrected chi connectivity index (χ2v) is 9.25. The van der Waals surface area contributed by atoms with Crippen molar-refractivity contribution >= 4 is 69.1 Å². The van der Waals surface area contributed by atoms with Gasteiger partial charge < -0.3 is 9.47 Å². The predicted octanol–water partition coefficient (Wildman–Crippen LogP) is 6.22. The Balaban J connectivity index is 1.58. The molecule has 0 unspecified atom stereocenters. The van der Waals surface area contributed by atoms with Crippen LogP contribution >= 0.6 is 45.2 Å². The van der Waals surface area contributed by atoms with Crippen molar-refractivity contribution in [2.45, 2.75) is 13.3 Å². The highest BCUT2D eigenvalue weighted by Gasteiger charge is 2.24. The lowest BCUT2D eigenvalue weighted by molar-refractivity contribution is -0.134. The predicted molar refractivity (Wildman–Crippen MR) is 140 cm³/mol. The van der Waals surface area contributed by atoms with Crippen LogP contribution in [0.4, 0.5) is 0 Å². The average Bonchev–Trinajstić information content (AvgIpc) is 3.17. The fourth-order valence-corrected chi connectivity index (χ4v) is 5.11. The average molecular weight is 649 g/mol. The van der Waals surface area contributed by atoms with Crippen molar-refractivity contribution in [1.82, 2.24) is 0 Å². The lowest BCUT2D eigenvalue weighted by Gasteiger charge is -2.09. The molecule has 7 heteroatoms. The van der Waals surface area contributed by atoms with Crippen molar-refractivity contribution in [2.24, 2.45) is 4.99 Å². The van der Waals surface area contributed by atoms with Crippen molar-refractivity contribution in [3.63, 3.8) is 0 Å². The molecule has 1 heterocycles. The summed E-state index contributed by atoms with van der Waals surface area (Å²) in [6, 6.07) is 21.4. The van der Waals surface area contributed by atoms with Gasteiger partial charge in [-0.15, -0.1) is 0 Å². The molecule has 1 aliphatic heterocycles. The summed E-state index contributed by atoms with van der Waals surface area (Å²) in [5.41, 5.74) is 3.90. The third-order valence-corrected chi connectivity index (χ3v) is 6.29. The largest absolute Gasteiger partial charge is 0.424 e. The Morgan fingerprint density at radius 3 is 2.19 bits per heavy atom. The molecular formula is C25H17I2NO4. The van der Waals surface area contributed by atoms with Gasteiger partial charge in [-0.3, -0.25) is 4.79 Å². The van der Waals surface area contributed by atoms with E-state index in [1.54, 1.807) is 13.0 Å². The number of ether oxygens (including phenoxy) is 2. The van der Waals surface area contributed by atoms with Crippen molar-refractivity contribution in [2.75, 3.05) is 0 Å². The molecule has 0 spiro atoms. The first-order chi connectivity index (χ1) is 15.4. The highest BCUT2D eigenvalue weighted by atomic mass is 127. The molecule has 0 amide bonds. The molecule has 0 radical (unpaired) electrons. The Morgan fingerprint density at radius 1 is 0.969 bits per heavy atom. The van der Waals surface area contributed by atoms with Gasteiger partial charge >= 0.3 is 11.9 Å². The fraction of sp³-hybridized carbons (Fsp3) is 0.0800. The molecular weight excluding hydrogens is 632 g/mol. The van der Waals surface area contributed by atoms with Gasteiger partial charge in [-0.05, 0) is 92.2 Å². The summed E-state index contributed by atoms with van der Waals surface area (Å²) >= 11 is 4.22. The Kier molecular flexibility index (Phi) is 7.04. The molecule has 4 rings (SSSR count). The van der Waals surface area contributed by atoms with Gasteiger partial charge in [0.25, 0.3) is 0 Å². The highest BCUT2D eigenvalue weighted by molar-refractivity contribution is 14.1. The number of hydrogen-bond donors (Lipinski definition) is 0. The molecule has 160 valence electrons. The van der Waals surface area contributed by atoms with Gasteiger partial charge in [-0.2, -0.15) is 0 Å². The van der Waals surface area contributed by atoms with Gasteiger partial charge in [0.2, 0.25) is 5.90 Å². The summed E-state index contributed by atoms with van der Waals surface area (Å²) in [5, 5.41) is 0. The van der Waals surface area contributed by atoms with Crippen LogP contribution in [0, 0.1) is 7.14 Å². The normalized spacial score (nSPS) is 14.3. The molecule has 0 saturated heterocycles. The first-order valence-electron chi connectivity index (χ1n) is 9.82. The lowest BCUT2D eigenvalue weighted by Crippen LogP contribution is -2.08. The second kappa shape index (κ2) is 9.95. The zero-order valence-corrected chi connectivity index (χ0v) is 21.3. The molecule has 0 aromatic heterocycles. The molecule has 0 fully saturated rings. The Bertz CT molecular complexity index is 1230. The summed E-state index contributed by atoms with van der Waals surface area (Å²) in [6.07, 6.45) is 1.97. The van der Waals surface area contributed by atoms with Crippen LogP contribution in [0.5, 0.6) is 5.75 Å². The molecule has 0 atom stereocenters. The van der Waals surface area contributed by atoms with Crippen LogP contribution in [0.2, 0.25) is 0 Å². The van der Waals surface area contributed by atoms with Gasteiger partial charge in [-0.25, -0.2) is 9.79 Å².